The predicted molar refractivity (Wildman–Crippen MR) is 144 cm³/mol. The zero-order chi connectivity index (χ0) is 26.6. The fourth-order valence-electron chi connectivity index (χ4n) is 6.44. The van der Waals surface area contributed by atoms with Gasteiger partial charge >= 0.3 is 0 Å². The third kappa shape index (κ3) is 5.69. The summed E-state index contributed by atoms with van der Waals surface area (Å²) in [5.41, 5.74) is -0.891. The highest BCUT2D eigenvalue weighted by molar-refractivity contribution is 6.30. The number of piperidine rings is 1. The van der Waals surface area contributed by atoms with Gasteiger partial charge in [-0.25, -0.2) is 4.39 Å². The van der Waals surface area contributed by atoms with E-state index in [-0.39, 0.29) is 24.1 Å². The molecule has 3 fully saturated rings. The number of amides is 2. The van der Waals surface area contributed by atoms with E-state index in [2.05, 4.69) is 0 Å². The molecule has 8 heteroatoms. The smallest absolute Gasteiger partial charge is 0.233 e. The lowest BCUT2D eigenvalue weighted by Crippen LogP contribution is -2.55. The standard InChI is InChI=1S/C30H36ClFN2O4/c31-23-8-10-24(11-9-23)38-22-29(20-27(35)33-16-18-37-19-17-33)12-5-15-34(21-29)28(36)30(13-3-4-14-30)25-6-1-2-7-26(25)32/h1-2,6-11H,3-5,12-22H2. The molecule has 5 rings (SSSR count). The summed E-state index contributed by atoms with van der Waals surface area (Å²) in [6, 6.07) is 13.9. The summed E-state index contributed by atoms with van der Waals surface area (Å²) in [4.78, 5) is 31.4. The van der Waals surface area contributed by atoms with Crippen LogP contribution >= 0.6 is 11.6 Å². The second-order valence-electron chi connectivity index (χ2n) is 11.0. The molecule has 2 heterocycles. The first-order chi connectivity index (χ1) is 18.4. The highest BCUT2D eigenvalue weighted by Gasteiger charge is 2.49. The largest absolute Gasteiger partial charge is 0.493 e. The quantitative estimate of drug-likeness (QED) is 0.481. The number of halogens is 2. The van der Waals surface area contributed by atoms with Gasteiger partial charge in [0.1, 0.15) is 11.6 Å². The Morgan fingerprint density at radius 1 is 0.921 bits per heavy atom. The van der Waals surface area contributed by atoms with Gasteiger partial charge in [0.2, 0.25) is 11.8 Å². The number of rotatable bonds is 7. The van der Waals surface area contributed by atoms with Gasteiger partial charge in [0.25, 0.3) is 0 Å². The highest BCUT2D eigenvalue weighted by Crippen LogP contribution is 2.45. The van der Waals surface area contributed by atoms with Gasteiger partial charge in [-0.15, -0.1) is 0 Å². The molecule has 0 spiro atoms. The van der Waals surface area contributed by atoms with Crippen LogP contribution in [-0.4, -0.2) is 67.6 Å². The van der Waals surface area contributed by atoms with Crippen molar-refractivity contribution in [3.63, 3.8) is 0 Å². The molecule has 1 unspecified atom stereocenters. The monoisotopic (exact) mass is 542 g/mol. The van der Waals surface area contributed by atoms with E-state index in [9.17, 15) is 9.59 Å². The minimum absolute atomic E-state index is 0.0190. The lowest BCUT2D eigenvalue weighted by atomic mass is 9.73. The van der Waals surface area contributed by atoms with Crippen LogP contribution in [0.5, 0.6) is 5.75 Å². The molecule has 0 bridgehead atoms. The summed E-state index contributed by atoms with van der Waals surface area (Å²) < 4.78 is 26.7. The van der Waals surface area contributed by atoms with Crippen LogP contribution in [0.4, 0.5) is 4.39 Å². The fraction of sp³-hybridized carbons (Fsp3) is 0.533. The van der Waals surface area contributed by atoms with Crippen molar-refractivity contribution in [1.82, 2.24) is 9.80 Å². The average molecular weight is 543 g/mol. The van der Waals surface area contributed by atoms with Gasteiger partial charge < -0.3 is 19.3 Å². The summed E-state index contributed by atoms with van der Waals surface area (Å²) >= 11 is 6.05. The van der Waals surface area contributed by atoms with Crippen molar-refractivity contribution < 1.29 is 23.5 Å². The van der Waals surface area contributed by atoms with Crippen molar-refractivity contribution in [3.8, 4) is 5.75 Å². The molecule has 1 atom stereocenters. The Morgan fingerprint density at radius 2 is 1.63 bits per heavy atom. The third-order valence-electron chi connectivity index (χ3n) is 8.45. The Kier molecular flexibility index (Phi) is 8.24. The van der Waals surface area contributed by atoms with Crippen LogP contribution in [0, 0.1) is 11.2 Å². The molecule has 3 aliphatic rings. The van der Waals surface area contributed by atoms with Crippen LogP contribution < -0.4 is 4.74 Å². The summed E-state index contributed by atoms with van der Waals surface area (Å²) in [5.74, 6) is 0.399. The predicted octanol–water partition coefficient (Wildman–Crippen LogP) is 5.23. The van der Waals surface area contributed by atoms with Crippen LogP contribution in [-0.2, 0) is 19.7 Å². The average Bonchev–Trinajstić information content (AvgIpc) is 3.44. The molecule has 2 aromatic rings. The maximum absolute atomic E-state index is 15.0. The van der Waals surface area contributed by atoms with Gasteiger partial charge in [-0.1, -0.05) is 42.6 Å². The van der Waals surface area contributed by atoms with Crippen LogP contribution in [0.1, 0.15) is 50.5 Å². The second-order valence-corrected chi connectivity index (χ2v) is 11.4. The first-order valence-corrected chi connectivity index (χ1v) is 14.1. The van der Waals surface area contributed by atoms with E-state index < -0.39 is 10.8 Å². The molecule has 2 amide bonds. The Morgan fingerprint density at radius 3 is 2.34 bits per heavy atom. The normalized spacial score (nSPS) is 23.3. The lowest BCUT2D eigenvalue weighted by Gasteiger charge is -2.46. The van der Waals surface area contributed by atoms with E-state index in [1.807, 2.05) is 28.0 Å². The molecule has 1 aliphatic carbocycles. The van der Waals surface area contributed by atoms with Gasteiger partial charge in [-0.3, -0.25) is 9.59 Å². The molecule has 38 heavy (non-hydrogen) atoms. The minimum Gasteiger partial charge on any atom is -0.493 e. The van der Waals surface area contributed by atoms with Crippen LogP contribution in [0.15, 0.2) is 48.5 Å². The van der Waals surface area contributed by atoms with Crippen LogP contribution in [0.2, 0.25) is 5.02 Å². The van der Waals surface area contributed by atoms with Gasteiger partial charge in [0.15, 0.2) is 0 Å². The Balaban J connectivity index is 1.40. The van der Waals surface area contributed by atoms with Gasteiger partial charge in [0, 0.05) is 48.6 Å². The Bertz CT molecular complexity index is 1130. The van der Waals surface area contributed by atoms with Crippen LogP contribution in [0.3, 0.4) is 0 Å². The second kappa shape index (κ2) is 11.6. The van der Waals surface area contributed by atoms with Crippen molar-refractivity contribution >= 4 is 23.4 Å². The number of morpholine rings is 1. The van der Waals surface area contributed by atoms with E-state index in [4.69, 9.17) is 21.1 Å². The van der Waals surface area contributed by atoms with E-state index in [1.165, 1.54) is 6.07 Å². The minimum atomic E-state index is -0.848. The van der Waals surface area contributed by atoms with Crippen molar-refractivity contribution in [3.05, 3.63) is 64.9 Å². The number of hydrogen-bond acceptors (Lipinski definition) is 4. The zero-order valence-electron chi connectivity index (χ0n) is 21.8. The number of carbonyl (C=O) groups is 2. The van der Waals surface area contributed by atoms with E-state index in [0.717, 1.165) is 25.7 Å². The molecule has 0 N–H and O–H groups in total. The van der Waals surface area contributed by atoms with Crippen molar-refractivity contribution in [2.24, 2.45) is 5.41 Å². The molecule has 1 saturated carbocycles. The topological polar surface area (TPSA) is 59.1 Å². The van der Waals surface area contributed by atoms with E-state index in [1.54, 1.807) is 24.3 Å². The molecule has 204 valence electrons. The Hall–Kier alpha value is -2.64. The summed E-state index contributed by atoms with van der Waals surface area (Å²) in [7, 11) is 0. The number of nitrogens with zero attached hydrogens (tertiary/aromatic N) is 2. The molecule has 0 radical (unpaired) electrons. The summed E-state index contributed by atoms with van der Waals surface area (Å²) in [5, 5.41) is 0.624. The SMILES string of the molecule is O=C(CC1(COc2ccc(Cl)cc2)CCCN(C(=O)C2(c3ccccc3F)CCCC2)C1)N1CCOCC1. The number of hydrogen-bond donors (Lipinski definition) is 0. The molecular weight excluding hydrogens is 507 g/mol. The number of ether oxygens (including phenoxy) is 2. The Labute approximate surface area is 229 Å². The van der Waals surface area contributed by atoms with Gasteiger partial charge in [0.05, 0.1) is 25.2 Å². The van der Waals surface area contributed by atoms with Gasteiger partial charge in [-0.05, 0) is 56.0 Å². The van der Waals surface area contributed by atoms with Crippen molar-refractivity contribution in [2.45, 2.75) is 50.4 Å². The summed E-state index contributed by atoms with van der Waals surface area (Å²) in [6.45, 7) is 3.54. The maximum atomic E-state index is 15.0. The first kappa shape index (κ1) is 26.9. The third-order valence-corrected chi connectivity index (χ3v) is 8.71. The number of likely N-dealkylation sites (tertiary alicyclic amines) is 1. The molecular formula is C30H36ClFN2O4. The number of benzene rings is 2. The lowest BCUT2D eigenvalue weighted by molar-refractivity contribution is -0.147. The molecule has 2 aromatic carbocycles. The van der Waals surface area contributed by atoms with E-state index in [0.29, 0.717) is 75.2 Å². The highest BCUT2D eigenvalue weighted by atomic mass is 35.5. The molecule has 2 saturated heterocycles. The zero-order valence-corrected chi connectivity index (χ0v) is 22.6. The fourth-order valence-corrected chi connectivity index (χ4v) is 6.56. The first-order valence-electron chi connectivity index (χ1n) is 13.7. The molecule has 6 nitrogen and oxygen atoms in total. The summed E-state index contributed by atoms with van der Waals surface area (Å²) in [6.07, 6.45) is 4.90. The van der Waals surface area contributed by atoms with Crippen molar-refractivity contribution in [1.29, 1.82) is 0 Å². The molecule has 0 aromatic heterocycles. The number of carbonyl (C=O) groups excluding carboxylic acids is 2. The maximum Gasteiger partial charge on any atom is 0.233 e. The van der Waals surface area contributed by atoms with Gasteiger partial charge in [-0.2, -0.15) is 0 Å². The van der Waals surface area contributed by atoms with Crippen LogP contribution in [0.25, 0.3) is 0 Å². The van der Waals surface area contributed by atoms with Crippen molar-refractivity contribution in [2.75, 3.05) is 46.0 Å². The molecule has 2 aliphatic heterocycles. The van der Waals surface area contributed by atoms with E-state index >= 15 is 4.39 Å².